The Labute approximate surface area is 192 Å². The number of fused-ring (bicyclic) bond motifs is 1. The molecular weight excluding hydrogens is 434 g/mol. The molecule has 1 heterocycles. The average Bonchev–Trinajstić information content (AvgIpc) is 3.08. The Morgan fingerprint density at radius 3 is 2.27 bits per heavy atom. The van der Waals surface area contributed by atoms with Crippen molar-refractivity contribution in [1.82, 2.24) is 10.2 Å². The van der Waals surface area contributed by atoms with E-state index in [1.807, 2.05) is 0 Å². The van der Waals surface area contributed by atoms with Crippen LogP contribution in [-0.2, 0) is 23.8 Å². The summed E-state index contributed by atoms with van der Waals surface area (Å²) in [5, 5.41) is 2.45. The number of rotatable bonds is 17. The molecular formula is C22H31N3O8. The molecule has 182 valence electrons. The number of hydrogen-bond donors (Lipinski definition) is 2. The number of carbonyl (C=O) groups is 4. The van der Waals surface area contributed by atoms with Crippen molar-refractivity contribution >= 4 is 24.0 Å². The molecule has 0 saturated carbocycles. The molecule has 3 N–H and O–H groups in total. The summed E-state index contributed by atoms with van der Waals surface area (Å²) in [7, 11) is 1.47. The molecule has 0 fully saturated rings. The molecule has 0 saturated heterocycles. The van der Waals surface area contributed by atoms with Gasteiger partial charge < -0.3 is 34.8 Å². The van der Waals surface area contributed by atoms with E-state index in [1.54, 1.807) is 12.1 Å². The van der Waals surface area contributed by atoms with E-state index in [2.05, 4.69) is 5.32 Å². The number of carbonyl (C=O) groups excluding carboxylic acids is 4. The van der Waals surface area contributed by atoms with E-state index >= 15 is 0 Å². The Kier molecular flexibility index (Phi) is 11.5. The first-order valence-electron chi connectivity index (χ1n) is 10.8. The maximum absolute atomic E-state index is 12.9. The average molecular weight is 466 g/mol. The van der Waals surface area contributed by atoms with Crippen LogP contribution < -0.4 is 15.8 Å². The Morgan fingerprint density at radius 2 is 1.67 bits per heavy atom. The van der Waals surface area contributed by atoms with Crippen molar-refractivity contribution in [3.63, 3.8) is 0 Å². The number of hydrogen-bond acceptors (Lipinski definition) is 9. The highest BCUT2D eigenvalue weighted by Gasteiger charge is 2.42. The summed E-state index contributed by atoms with van der Waals surface area (Å²) in [4.78, 5) is 49.7. The minimum Gasteiger partial charge on any atom is -0.490 e. The molecule has 1 aromatic rings. The maximum atomic E-state index is 12.9. The smallest absolute Gasteiger partial charge is 0.265 e. The van der Waals surface area contributed by atoms with E-state index in [0.29, 0.717) is 45.9 Å². The van der Waals surface area contributed by atoms with Gasteiger partial charge in [0.25, 0.3) is 11.8 Å². The summed E-state index contributed by atoms with van der Waals surface area (Å²) in [6.45, 7) is 3.08. The zero-order valence-corrected chi connectivity index (χ0v) is 18.7. The lowest BCUT2D eigenvalue weighted by Gasteiger charge is -2.21. The van der Waals surface area contributed by atoms with E-state index in [9.17, 15) is 19.2 Å². The normalized spacial score (nSPS) is 13.7. The molecule has 0 aromatic heterocycles. The Morgan fingerprint density at radius 1 is 1.03 bits per heavy atom. The van der Waals surface area contributed by atoms with Gasteiger partial charge >= 0.3 is 0 Å². The van der Waals surface area contributed by atoms with Gasteiger partial charge in [0, 0.05) is 20.0 Å². The zero-order chi connectivity index (χ0) is 24.1. The van der Waals surface area contributed by atoms with Gasteiger partial charge in [0.05, 0.1) is 56.8 Å². The molecule has 1 aromatic carbocycles. The molecule has 3 amide bonds. The fraction of sp³-hybridized carbons (Fsp3) is 0.545. The first kappa shape index (κ1) is 26.4. The third-order valence-corrected chi connectivity index (χ3v) is 4.83. The first-order valence-corrected chi connectivity index (χ1v) is 10.8. The van der Waals surface area contributed by atoms with Crippen molar-refractivity contribution in [3.05, 3.63) is 29.3 Å². The van der Waals surface area contributed by atoms with Gasteiger partial charge in [-0.05, 0) is 18.6 Å². The predicted octanol–water partition coefficient (Wildman–Crippen LogP) is -0.236. The number of nitrogens with one attached hydrogen (secondary N) is 1. The van der Waals surface area contributed by atoms with Crippen molar-refractivity contribution in [2.75, 3.05) is 59.8 Å². The van der Waals surface area contributed by atoms with Gasteiger partial charge in [0.2, 0.25) is 5.91 Å². The van der Waals surface area contributed by atoms with Gasteiger partial charge in [-0.15, -0.1) is 0 Å². The summed E-state index contributed by atoms with van der Waals surface area (Å²) < 4.78 is 21.6. The topological polar surface area (TPSA) is 146 Å². The molecule has 1 unspecified atom stereocenters. The minimum absolute atomic E-state index is 0.0123. The summed E-state index contributed by atoms with van der Waals surface area (Å²) >= 11 is 0. The van der Waals surface area contributed by atoms with Crippen molar-refractivity contribution in [2.45, 2.75) is 18.9 Å². The lowest BCUT2D eigenvalue weighted by atomic mass is 10.1. The third kappa shape index (κ3) is 7.60. The van der Waals surface area contributed by atoms with Crippen LogP contribution in [0, 0.1) is 0 Å². The van der Waals surface area contributed by atoms with Crippen LogP contribution in [0.25, 0.3) is 0 Å². The summed E-state index contributed by atoms with van der Waals surface area (Å²) in [6, 6.07) is 3.66. The SMILES string of the molecule is CNC(=O)CCC(C=O)N1C(=O)c2cccc(OCCOCCOCCOCCN)c2C1=O. The highest BCUT2D eigenvalue weighted by Crippen LogP contribution is 2.32. The van der Waals surface area contributed by atoms with Gasteiger partial charge in [-0.25, -0.2) is 0 Å². The largest absolute Gasteiger partial charge is 0.490 e. The minimum atomic E-state index is -1.04. The third-order valence-electron chi connectivity index (χ3n) is 4.83. The van der Waals surface area contributed by atoms with Crippen LogP contribution >= 0.6 is 0 Å². The zero-order valence-electron chi connectivity index (χ0n) is 18.7. The van der Waals surface area contributed by atoms with Gasteiger partial charge in [0.1, 0.15) is 18.6 Å². The van der Waals surface area contributed by atoms with E-state index < -0.39 is 17.9 Å². The van der Waals surface area contributed by atoms with Crippen LogP contribution in [0.4, 0.5) is 0 Å². The van der Waals surface area contributed by atoms with Crippen molar-refractivity contribution in [2.24, 2.45) is 5.73 Å². The van der Waals surface area contributed by atoms with Crippen LogP contribution in [0.15, 0.2) is 18.2 Å². The summed E-state index contributed by atoms with van der Waals surface area (Å²) in [5.74, 6) is -1.25. The van der Waals surface area contributed by atoms with Gasteiger partial charge in [-0.3, -0.25) is 19.3 Å². The van der Waals surface area contributed by atoms with Crippen molar-refractivity contribution in [1.29, 1.82) is 0 Å². The summed E-state index contributed by atoms with van der Waals surface area (Å²) in [6.07, 6.45) is 0.559. The standard InChI is InChI=1S/C22H31N3O8/c1-24-19(27)6-5-16(15-26)25-21(28)17-3-2-4-18(20(17)22(25)29)33-14-13-32-12-11-31-10-9-30-8-7-23/h2-4,15-16H,5-14,23H2,1H3,(H,24,27). The monoisotopic (exact) mass is 465 g/mol. The molecule has 1 aliphatic heterocycles. The quantitative estimate of drug-likeness (QED) is 0.181. The van der Waals surface area contributed by atoms with Gasteiger partial charge in [-0.1, -0.05) is 6.07 Å². The van der Waals surface area contributed by atoms with E-state index in [4.69, 9.17) is 24.7 Å². The highest BCUT2D eigenvalue weighted by molar-refractivity contribution is 6.23. The van der Waals surface area contributed by atoms with Crippen molar-refractivity contribution < 1.29 is 38.1 Å². The number of nitrogens with zero attached hydrogens (tertiary/aromatic N) is 1. The Balaban J connectivity index is 1.83. The fourth-order valence-electron chi connectivity index (χ4n) is 3.19. The number of imide groups is 1. The second-order valence-corrected chi connectivity index (χ2v) is 7.05. The molecule has 0 spiro atoms. The molecule has 1 atom stereocenters. The number of ether oxygens (including phenoxy) is 4. The second-order valence-electron chi connectivity index (χ2n) is 7.05. The molecule has 11 nitrogen and oxygen atoms in total. The lowest BCUT2D eigenvalue weighted by Crippen LogP contribution is -2.41. The van der Waals surface area contributed by atoms with Crippen LogP contribution in [0.5, 0.6) is 5.75 Å². The van der Waals surface area contributed by atoms with E-state index in [1.165, 1.54) is 13.1 Å². The molecule has 0 aliphatic carbocycles. The number of amides is 3. The molecule has 33 heavy (non-hydrogen) atoms. The van der Waals surface area contributed by atoms with E-state index in [-0.39, 0.29) is 48.8 Å². The molecule has 0 bridgehead atoms. The molecule has 0 radical (unpaired) electrons. The van der Waals surface area contributed by atoms with Gasteiger partial charge in [0.15, 0.2) is 0 Å². The Hall–Kier alpha value is -2.86. The van der Waals surface area contributed by atoms with Crippen LogP contribution in [-0.4, -0.2) is 94.8 Å². The number of benzene rings is 1. The molecule has 1 aliphatic rings. The fourth-order valence-corrected chi connectivity index (χ4v) is 3.19. The first-order chi connectivity index (χ1) is 16.0. The van der Waals surface area contributed by atoms with Crippen molar-refractivity contribution in [3.8, 4) is 5.75 Å². The van der Waals surface area contributed by atoms with Crippen LogP contribution in [0.3, 0.4) is 0 Å². The Bertz CT molecular complexity index is 817. The number of nitrogens with two attached hydrogens (primary N) is 1. The molecule has 2 rings (SSSR count). The highest BCUT2D eigenvalue weighted by atomic mass is 16.6. The van der Waals surface area contributed by atoms with Gasteiger partial charge in [-0.2, -0.15) is 0 Å². The van der Waals surface area contributed by atoms with Crippen LogP contribution in [0.2, 0.25) is 0 Å². The maximum Gasteiger partial charge on any atom is 0.265 e. The number of aldehydes is 1. The lowest BCUT2D eigenvalue weighted by molar-refractivity contribution is -0.121. The predicted molar refractivity (Wildman–Crippen MR) is 117 cm³/mol. The second kappa shape index (κ2) is 14.3. The van der Waals surface area contributed by atoms with Crippen LogP contribution in [0.1, 0.15) is 33.6 Å². The summed E-state index contributed by atoms with van der Waals surface area (Å²) in [5.41, 5.74) is 5.58. The van der Waals surface area contributed by atoms with E-state index in [0.717, 1.165) is 4.90 Å². The molecule has 11 heteroatoms.